The first-order valence-electron chi connectivity index (χ1n) is 12.4. The van der Waals surface area contributed by atoms with E-state index in [1.165, 1.54) is 30.5 Å². The fourth-order valence-corrected chi connectivity index (χ4v) is 5.18. The normalized spacial score (nSPS) is 15.3. The third kappa shape index (κ3) is 7.08. The lowest BCUT2D eigenvalue weighted by molar-refractivity contribution is -0.126. The molecule has 206 valence electrons. The van der Waals surface area contributed by atoms with Crippen molar-refractivity contribution in [3.05, 3.63) is 75.4 Å². The van der Waals surface area contributed by atoms with Crippen molar-refractivity contribution in [2.75, 3.05) is 38.8 Å². The highest BCUT2D eigenvalue weighted by atomic mass is 35.5. The van der Waals surface area contributed by atoms with E-state index in [0.29, 0.717) is 45.8 Å². The minimum absolute atomic E-state index is 0.0968. The Morgan fingerprint density at radius 2 is 1.90 bits per heavy atom. The molecule has 1 aromatic heterocycles. The molecule has 11 heteroatoms. The van der Waals surface area contributed by atoms with Crippen molar-refractivity contribution < 1.29 is 28.6 Å². The summed E-state index contributed by atoms with van der Waals surface area (Å²) in [5, 5.41) is 7.78. The lowest BCUT2D eigenvalue weighted by Gasteiger charge is -2.32. The van der Waals surface area contributed by atoms with Gasteiger partial charge < -0.3 is 24.8 Å². The number of hydrogen-bond donors (Lipinski definition) is 2. The number of nitrogens with one attached hydrogen (secondary N) is 2. The second-order valence-corrected chi connectivity index (χ2v) is 10.2. The number of methoxy groups -OCH3 is 2. The lowest BCUT2D eigenvalue weighted by Crippen LogP contribution is -2.48. The van der Waals surface area contributed by atoms with Crippen LogP contribution in [0.15, 0.2) is 60.0 Å². The Balaban J connectivity index is 1.71. The van der Waals surface area contributed by atoms with Gasteiger partial charge in [-0.2, -0.15) is 0 Å². The molecule has 0 bridgehead atoms. The summed E-state index contributed by atoms with van der Waals surface area (Å²) in [5.41, 5.74) is 0.875. The second-order valence-electron chi connectivity index (χ2n) is 8.80. The predicted octanol–water partition coefficient (Wildman–Crippen LogP) is 4.22. The Labute approximate surface area is 236 Å². The van der Waals surface area contributed by atoms with Gasteiger partial charge in [0, 0.05) is 23.9 Å². The summed E-state index contributed by atoms with van der Waals surface area (Å²) in [6, 6.07) is 14.0. The molecule has 1 saturated heterocycles. The van der Waals surface area contributed by atoms with Crippen molar-refractivity contribution in [1.82, 2.24) is 10.6 Å². The number of nitrogens with zero attached hydrogens (tertiary/aromatic N) is 1. The van der Waals surface area contributed by atoms with Crippen LogP contribution in [0, 0.1) is 0 Å². The average molecular weight is 572 g/mol. The van der Waals surface area contributed by atoms with Gasteiger partial charge in [-0.05, 0) is 60.2 Å². The summed E-state index contributed by atoms with van der Waals surface area (Å²) in [7, 11) is 3.01. The van der Waals surface area contributed by atoms with E-state index < -0.39 is 17.9 Å². The summed E-state index contributed by atoms with van der Waals surface area (Å²) in [6.07, 6.45) is 1.67. The number of carbonyl (C=O) groups is 3. The van der Waals surface area contributed by atoms with Crippen molar-refractivity contribution in [2.45, 2.75) is 25.0 Å². The fourth-order valence-electron chi connectivity index (χ4n) is 4.36. The summed E-state index contributed by atoms with van der Waals surface area (Å²) in [5.74, 6) is -0.431. The first kappa shape index (κ1) is 28.4. The van der Waals surface area contributed by atoms with Crippen LogP contribution in [0.2, 0.25) is 5.02 Å². The third-order valence-electron chi connectivity index (χ3n) is 6.26. The molecule has 0 saturated carbocycles. The van der Waals surface area contributed by atoms with Crippen molar-refractivity contribution in [3.63, 3.8) is 0 Å². The molecule has 1 fully saturated rings. The Bertz CT molecular complexity index is 1300. The Hall–Kier alpha value is -3.60. The largest absolute Gasteiger partial charge is 0.493 e. The molecule has 2 aromatic carbocycles. The van der Waals surface area contributed by atoms with Crippen molar-refractivity contribution in [2.24, 2.45) is 0 Å². The number of carbonyl (C=O) groups excluding carboxylic acids is 3. The standard InChI is InChI=1S/C28H30ClN3O6S/c1-36-22-11-10-18(14-23(22)37-2)26(28(35)30-16-21-8-4-12-38-21)32(20-7-3-6-19(29)15-20)25(33)17-31-27(34)24-9-5-13-39-24/h3,5-7,9-11,13-15,21,26H,4,8,12,16-17H2,1-2H3,(H,30,35)(H,31,34)/t21-,26-/m1/s1. The fraction of sp³-hybridized carbons (Fsp3) is 0.321. The summed E-state index contributed by atoms with van der Waals surface area (Å²) >= 11 is 7.56. The first-order valence-corrected chi connectivity index (χ1v) is 13.7. The third-order valence-corrected chi connectivity index (χ3v) is 7.36. The quantitative estimate of drug-likeness (QED) is 0.357. The number of amides is 3. The average Bonchev–Trinajstić information content (AvgIpc) is 3.68. The van der Waals surface area contributed by atoms with E-state index in [4.69, 9.17) is 25.8 Å². The van der Waals surface area contributed by atoms with Gasteiger partial charge >= 0.3 is 0 Å². The lowest BCUT2D eigenvalue weighted by atomic mass is 10.0. The number of halogens is 1. The second kappa shape index (κ2) is 13.5. The maximum absolute atomic E-state index is 13.8. The topological polar surface area (TPSA) is 106 Å². The van der Waals surface area contributed by atoms with Crippen LogP contribution in [0.1, 0.15) is 34.1 Å². The van der Waals surface area contributed by atoms with Crippen molar-refractivity contribution >= 4 is 46.3 Å². The molecule has 39 heavy (non-hydrogen) atoms. The van der Waals surface area contributed by atoms with Gasteiger partial charge in [0.25, 0.3) is 5.91 Å². The molecule has 3 amide bonds. The highest BCUT2D eigenvalue weighted by Crippen LogP contribution is 2.35. The summed E-state index contributed by atoms with van der Waals surface area (Å²) in [6.45, 7) is 0.609. The molecular weight excluding hydrogens is 542 g/mol. The molecule has 4 rings (SSSR count). The van der Waals surface area contributed by atoms with Crippen molar-refractivity contribution in [1.29, 1.82) is 0 Å². The highest BCUT2D eigenvalue weighted by molar-refractivity contribution is 7.12. The monoisotopic (exact) mass is 571 g/mol. The van der Waals surface area contributed by atoms with Crippen molar-refractivity contribution in [3.8, 4) is 11.5 Å². The van der Waals surface area contributed by atoms with Gasteiger partial charge in [-0.3, -0.25) is 19.3 Å². The van der Waals surface area contributed by atoms with Crippen LogP contribution in [-0.4, -0.2) is 57.7 Å². The van der Waals surface area contributed by atoms with E-state index >= 15 is 0 Å². The number of ether oxygens (including phenoxy) is 3. The zero-order valence-corrected chi connectivity index (χ0v) is 23.2. The molecule has 9 nitrogen and oxygen atoms in total. The highest BCUT2D eigenvalue weighted by Gasteiger charge is 2.34. The van der Waals surface area contributed by atoms with Crippen LogP contribution in [0.4, 0.5) is 5.69 Å². The zero-order chi connectivity index (χ0) is 27.8. The van der Waals surface area contributed by atoms with Crippen LogP contribution in [-0.2, 0) is 14.3 Å². The molecule has 2 atom stereocenters. The molecule has 0 aliphatic carbocycles. The van der Waals surface area contributed by atoms with E-state index in [2.05, 4.69) is 10.6 Å². The molecule has 1 aliphatic heterocycles. The Kier molecular flexibility index (Phi) is 9.80. The minimum Gasteiger partial charge on any atom is -0.493 e. The van der Waals surface area contributed by atoms with Crippen LogP contribution in [0.3, 0.4) is 0 Å². The molecule has 1 aliphatic rings. The number of rotatable bonds is 11. The maximum atomic E-state index is 13.8. The number of anilines is 1. The van der Waals surface area contributed by atoms with Gasteiger partial charge in [0.15, 0.2) is 11.5 Å². The van der Waals surface area contributed by atoms with E-state index in [1.54, 1.807) is 60.0 Å². The molecular formula is C28H30ClN3O6S. The van der Waals surface area contributed by atoms with Gasteiger partial charge in [0.2, 0.25) is 11.8 Å². The van der Waals surface area contributed by atoms with Crippen LogP contribution in [0.25, 0.3) is 0 Å². The summed E-state index contributed by atoms with van der Waals surface area (Å²) < 4.78 is 16.5. The molecule has 3 aromatic rings. The van der Waals surface area contributed by atoms with Crippen LogP contribution in [0.5, 0.6) is 11.5 Å². The van der Waals surface area contributed by atoms with Gasteiger partial charge in [0.05, 0.1) is 31.7 Å². The number of benzene rings is 2. The summed E-state index contributed by atoms with van der Waals surface area (Å²) in [4.78, 5) is 42.0. The number of thiophene rings is 1. The molecule has 0 unspecified atom stereocenters. The zero-order valence-electron chi connectivity index (χ0n) is 21.6. The Morgan fingerprint density at radius 1 is 1.08 bits per heavy atom. The van der Waals surface area contributed by atoms with E-state index in [9.17, 15) is 14.4 Å². The maximum Gasteiger partial charge on any atom is 0.261 e. The van der Waals surface area contributed by atoms with Gasteiger partial charge in [-0.25, -0.2) is 0 Å². The first-order chi connectivity index (χ1) is 18.9. The van der Waals surface area contributed by atoms with Crippen LogP contribution < -0.4 is 25.0 Å². The minimum atomic E-state index is -1.11. The van der Waals surface area contributed by atoms with Gasteiger partial charge in [0.1, 0.15) is 6.04 Å². The van der Waals surface area contributed by atoms with Crippen LogP contribution >= 0.6 is 22.9 Å². The molecule has 0 radical (unpaired) electrons. The number of hydrogen-bond acceptors (Lipinski definition) is 7. The van der Waals surface area contributed by atoms with E-state index in [1.807, 2.05) is 0 Å². The molecule has 0 spiro atoms. The molecule has 2 N–H and O–H groups in total. The smallest absolute Gasteiger partial charge is 0.261 e. The molecule has 2 heterocycles. The van der Waals surface area contributed by atoms with Gasteiger partial charge in [-0.15, -0.1) is 11.3 Å². The van der Waals surface area contributed by atoms with E-state index in [0.717, 1.165) is 12.8 Å². The predicted molar refractivity (Wildman–Crippen MR) is 150 cm³/mol. The SMILES string of the molecule is COc1ccc([C@H](C(=O)NC[C@H]2CCCO2)N(C(=O)CNC(=O)c2cccs2)c2cccc(Cl)c2)cc1OC. The van der Waals surface area contributed by atoms with Gasteiger partial charge in [-0.1, -0.05) is 29.8 Å². The Morgan fingerprint density at radius 3 is 2.56 bits per heavy atom. The van der Waals surface area contributed by atoms with E-state index in [-0.39, 0.29) is 18.6 Å².